The Bertz CT molecular complexity index is 1420. The highest BCUT2D eigenvalue weighted by Gasteiger charge is 2.45. The van der Waals surface area contributed by atoms with Crippen LogP contribution in [0.4, 0.5) is 17.6 Å². The van der Waals surface area contributed by atoms with Gasteiger partial charge in [-0.1, -0.05) is 53.6 Å². The number of nitrogens with one attached hydrogen (secondary N) is 2. The van der Waals surface area contributed by atoms with Gasteiger partial charge < -0.3 is 4.98 Å². The minimum absolute atomic E-state index is 0.0594. The number of sulfonamides is 1. The molecular formula is C21H15Cl2F4N3O2S. The molecule has 2 unspecified atom stereocenters. The van der Waals surface area contributed by atoms with Crippen LogP contribution in [-0.4, -0.2) is 30.8 Å². The number of benzene rings is 2. The molecule has 1 aromatic heterocycles. The largest absolute Gasteiger partial charge is 0.416 e. The minimum Gasteiger partial charge on any atom is -0.340 e. The van der Waals surface area contributed by atoms with Gasteiger partial charge in [0, 0.05) is 10.6 Å². The van der Waals surface area contributed by atoms with E-state index in [1.807, 2.05) is 0 Å². The van der Waals surface area contributed by atoms with Gasteiger partial charge >= 0.3 is 6.18 Å². The van der Waals surface area contributed by atoms with Crippen LogP contribution in [0.1, 0.15) is 17.0 Å². The summed E-state index contributed by atoms with van der Waals surface area (Å²) in [7, 11) is -4.00. The normalized spacial score (nSPS) is 21.4. The van der Waals surface area contributed by atoms with Crippen LogP contribution >= 0.6 is 23.2 Å². The zero-order valence-electron chi connectivity index (χ0n) is 16.7. The van der Waals surface area contributed by atoms with Crippen molar-refractivity contribution in [1.29, 1.82) is 0 Å². The van der Waals surface area contributed by atoms with Crippen molar-refractivity contribution in [3.05, 3.63) is 81.6 Å². The number of hydrogen-bond donors (Lipinski definition) is 2. The number of nitrogens with zero attached hydrogens (tertiary/aromatic N) is 1. The fraction of sp³-hybridized carbons (Fsp3) is 0.190. The molecular weight excluding hydrogens is 505 g/mol. The molecule has 0 fully saturated rings. The van der Waals surface area contributed by atoms with Gasteiger partial charge in [0.25, 0.3) is 0 Å². The molecule has 0 saturated carbocycles. The predicted molar refractivity (Wildman–Crippen MR) is 119 cm³/mol. The minimum atomic E-state index is -4.67. The molecule has 2 atom stereocenters. The highest BCUT2D eigenvalue weighted by Crippen LogP contribution is 2.40. The zero-order valence-corrected chi connectivity index (χ0v) is 19.0. The third-order valence-electron chi connectivity index (χ3n) is 5.09. The Kier molecular flexibility index (Phi) is 5.84. The Morgan fingerprint density at radius 1 is 1.15 bits per heavy atom. The first-order valence-electron chi connectivity index (χ1n) is 9.36. The summed E-state index contributed by atoms with van der Waals surface area (Å²) in [6.07, 6.45) is -1.97. The lowest BCUT2D eigenvalue weighted by Gasteiger charge is -2.33. The van der Waals surface area contributed by atoms with Crippen molar-refractivity contribution in [2.45, 2.75) is 17.9 Å². The van der Waals surface area contributed by atoms with Crippen molar-refractivity contribution >= 4 is 49.8 Å². The number of allylic oxidation sites excluding steroid dienone is 2. The average molecular weight is 520 g/mol. The van der Waals surface area contributed by atoms with E-state index in [0.717, 1.165) is 18.4 Å². The van der Waals surface area contributed by atoms with E-state index in [1.54, 1.807) is 24.3 Å². The van der Waals surface area contributed by atoms with Gasteiger partial charge in [0.2, 0.25) is 10.0 Å². The predicted octanol–water partition coefficient (Wildman–Crippen LogP) is 5.62. The average Bonchev–Trinajstić information content (AvgIpc) is 3.14. The van der Waals surface area contributed by atoms with Crippen LogP contribution in [0.2, 0.25) is 10.0 Å². The molecule has 0 aliphatic heterocycles. The van der Waals surface area contributed by atoms with E-state index in [4.69, 9.17) is 23.2 Å². The Morgan fingerprint density at radius 2 is 1.85 bits per heavy atom. The molecule has 1 aliphatic rings. The van der Waals surface area contributed by atoms with Crippen molar-refractivity contribution < 1.29 is 26.0 Å². The summed E-state index contributed by atoms with van der Waals surface area (Å²) in [4.78, 5) is 6.76. The van der Waals surface area contributed by atoms with E-state index >= 15 is 4.39 Å². The SMILES string of the molecule is CS(=O)(=O)NC1(c2nc3c(Cl)cc(C(F)(F)F)cc3[nH]2)C=CC(c2ccccc2Cl)=CC1F. The Morgan fingerprint density at radius 3 is 2.45 bits per heavy atom. The fourth-order valence-electron chi connectivity index (χ4n) is 3.62. The number of halogens is 6. The van der Waals surface area contributed by atoms with Crippen LogP contribution < -0.4 is 4.72 Å². The first-order valence-corrected chi connectivity index (χ1v) is 12.0. The molecule has 5 nitrogen and oxygen atoms in total. The number of H-pyrrole nitrogens is 1. The monoisotopic (exact) mass is 519 g/mol. The van der Waals surface area contributed by atoms with Gasteiger partial charge in [-0.3, -0.25) is 0 Å². The second-order valence-corrected chi connectivity index (χ2v) is 10.1. The molecule has 1 aliphatic carbocycles. The first kappa shape index (κ1) is 23.7. The summed E-state index contributed by atoms with van der Waals surface area (Å²) in [6, 6.07) is 8.17. The Labute approximate surface area is 196 Å². The molecule has 0 saturated heterocycles. The topological polar surface area (TPSA) is 74.8 Å². The summed E-state index contributed by atoms with van der Waals surface area (Å²) >= 11 is 12.2. The van der Waals surface area contributed by atoms with E-state index in [-0.39, 0.29) is 21.9 Å². The van der Waals surface area contributed by atoms with Crippen LogP contribution in [-0.2, 0) is 21.7 Å². The van der Waals surface area contributed by atoms with Crippen LogP contribution in [0.5, 0.6) is 0 Å². The van der Waals surface area contributed by atoms with Crippen LogP contribution in [0.25, 0.3) is 16.6 Å². The molecule has 3 aromatic rings. The van der Waals surface area contributed by atoms with Gasteiger partial charge in [-0.2, -0.15) is 17.9 Å². The first-order chi connectivity index (χ1) is 15.3. The standard InChI is InChI=1S/C21H15Cl2F4N3O2S/c1-33(31,32)30-20(7-6-11(8-17(20)24)13-4-2-3-5-14(13)22)19-28-16-10-12(21(25,26)27)9-15(23)18(16)29-19/h2-10,17,30H,1H3,(H,28,29). The number of alkyl halides is 4. The van der Waals surface area contributed by atoms with Gasteiger partial charge in [-0.25, -0.2) is 17.8 Å². The fourth-order valence-corrected chi connectivity index (χ4v) is 5.02. The van der Waals surface area contributed by atoms with Gasteiger partial charge in [-0.15, -0.1) is 0 Å². The van der Waals surface area contributed by atoms with E-state index in [9.17, 15) is 21.6 Å². The molecule has 12 heteroatoms. The van der Waals surface area contributed by atoms with Crippen LogP contribution in [0, 0.1) is 0 Å². The molecule has 2 aromatic carbocycles. The second-order valence-electron chi connectivity index (χ2n) is 7.52. The Hall–Kier alpha value is -2.40. The highest BCUT2D eigenvalue weighted by molar-refractivity contribution is 7.88. The summed E-state index contributed by atoms with van der Waals surface area (Å²) in [5.74, 6) is -0.262. The molecule has 33 heavy (non-hydrogen) atoms. The third-order valence-corrected chi connectivity index (χ3v) is 6.41. The molecule has 1 heterocycles. The Balaban J connectivity index is 1.87. The number of imidazole rings is 1. The molecule has 4 rings (SSSR count). The smallest absolute Gasteiger partial charge is 0.340 e. The van der Waals surface area contributed by atoms with E-state index in [0.29, 0.717) is 22.2 Å². The van der Waals surface area contributed by atoms with Gasteiger partial charge in [-0.05, 0) is 29.8 Å². The van der Waals surface area contributed by atoms with Crippen molar-refractivity contribution in [3.8, 4) is 0 Å². The molecule has 2 N–H and O–H groups in total. The summed E-state index contributed by atoms with van der Waals surface area (Å²) in [5, 5.41) is 0.0405. The molecule has 174 valence electrons. The van der Waals surface area contributed by atoms with Gasteiger partial charge in [0.15, 0.2) is 0 Å². The lowest BCUT2D eigenvalue weighted by Crippen LogP contribution is -2.51. The van der Waals surface area contributed by atoms with Crippen LogP contribution in [0.3, 0.4) is 0 Å². The van der Waals surface area contributed by atoms with E-state index in [2.05, 4.69) is 14.7 Å². The van der Waals surface area contributed by atoms with Crippen molar-refractivity contribution in [2.24, 2.45) is 0 Å². The van der Waals surface area contributed by atoms with Gasteiger partial charge in [0.1, 0.15) is 23.1 Å². The second kappa shape index (κ2) is 8.12. The van der Waals surface area contributed by atoms with Crippen molar-refractivity contribution in [2.75, 3.05) is 6.26 Å². The number of aromatic nitrogens is 2. The maximum absolute atomic E-state index is 15.7. The number of fused-ring (bicyclic) bond motifs is 1. The summed E-state index contributed by atoms with van der Waals surface area (Å²) in [5.41, 5.74) is -2.35. The molecule has 0 bridgehead atoms. The third kappa shape index (κ3) is 4.52. The van der Waals surface area contributed by atoms with Gasteiger partial charge in [0.05, 0.1) is 22.4 Å². The van der Waals surface area contributed by atoms with E-state index < -0.39 is 33.5 Å². The summed E-state index contributed by atoms with van der Waals surface area (Å²) < 4.78 is 81.7. The van der Waals surface area contributed by atoms with Crippen molar-refractivity contribution in [1.82, 2.24) is 14.7 Å². The molecule has 0 spiro atoms. The van der Waals surface area contributed by atoms with Crippen LogP contribution in [0.15, 0.2) is 54.6 Å². The lowest BCUT2D eigenvalue weighted by atomic mass is 9.85. The summed E-state index contributed by atoms with van der Waals surface area (Å²) in [6.45, 7) is 0. The quantitative estimate of drug-likeness (QED) is 0.439. The molecule has 0 amide bonds. The number of rotatable bonds is 4. The number of hydrogen-bond acceptors (Lipinski definition) is 3. The van der Waals surface area contributed by atoms with E-state index in [1.165, 1.54) is 12.2 Å². The van der Waals surface area contributed by atoms with Crippen molar-refractivity contribution in [3.63, 3.8) is 0 Å². The maximum Gasteiger partial charge on any atom is 0.416 e. The number of aromatic amines is 1. The lowest BCUT2D eigenvalue weighted by molar-refractivity contribution is -0.137. The maximum atomic E-state index is 15.7. The zero-order chi connectivity index (χ0) is 24.2. The highest BCUT2D eigenvalue weighted by atomic mass is 35.5. The molecule has 0 radical (unpaired) electrons.